The second kappa shape index (κ2) is 8.71. The summed E-state index contributed by atoms with van der Waals surface area (Å²) in [5.74, 6) is 0.361. The average molecular weight is 445 g/mol. The molecule has 0 N–H and O–H groups in total. The molecule has 1 aliphatic rings. The number of anilines is 1. The lowest BCUT2D eigenvalue weighted by molar-refractivity contribution is 0.0916. The first-order chi connectivity index (χ1) is 14.5. The lowest BCUT2D eigenvalue weighted by atomic mass is 10.1. The predicted octanol–water partition coefficient (Wildman–Crippen LogP) is 4.99. The summed E-state index contributed by atoms with van der Waals surface area (Å²) in [6.07, 6.45) is 1.82. The summed E-state index contributed by atoms with van der Waals surface area (Å²) in [5, 5.41) is 1.09. The number of amides is 1. The zero-order valence-electron chi connectivity index (χ0n) is 16.7. The molecule has 30 heavy (non-hydrogen) atoms. The number of ketones is 1. The number of thiazole rings is 1. The van der Waals surface area contributed by atoms with Gasteiger partial charge in [-0.25, -0.2) is 4.98 Å². The van der Waals surface area contributed by atoms with E-state index in [0.29, 0.717) is 45.7 Å². The van der Waals surface area contributed by atoms with Crippen LogP contribution in [0.3, 0.4) is 0 Å². The number of halogens is 1. The number of Topliss-reactive ketones (excluding diaryl/α,β-unsaturated/α-hetero) is 1. The van der Waals surface area contributed by atoms with Crippen molar-refractivity contribution in [2.75, 3.05) is 25.2 Å². The minimum atomic E-state index is -0.199. The number of aromatic nitrogens is 1. The van der Waals surface area contributed by atoms with Gasteiger partial charge in [-0.15, -0.1) is 0 Å². The third kappa shape index (κ3) is 4.05. The molecule has 1 fully saturated rings. The van der Waals surface area contributed by atoms with Crippen LogP contribution in [0.5, 0.6) is 5.75 Å². The molecule has 1 aromatic heterocycles. The normalized spacial score (nSPS) is 16.0. The Morgan fingerprint density at radius 1 is 1.23 bits per heavy atom. The lowest BCUT2D eigenvalue weighted by Gasteiger charge is -2.23. The van der Waals surface area contributed by atoms with E-state index in [0.717, 1.165) is 17.5 Å². The van der Waals surface area contributed by atoms with Gasteiger partial charge in [0.1, 0.15) is 11.3 Å². The van der Waals surface area contributed by atoms with Crippen LogP contribution in [0.4, 0.5) is 5.13 Å². The fourth-order valence-electron chi connectivity index (χ4n) is 3.46. The van der Waals surface area contributed by atoms with Gasteiger partial charge in [-0.1, -0.05) is 35.1 Å². The molecule has 2 heterocycles. The molecule has 2 aromatic carbocycles. The first-order valence-corrected chi connectivity index (χ1v) is 10.8. The maximum Gasteiger partial charge on any atom is 0.260 e. The number of hydrogen-bond acceptors (Lipinski definition) is 6. The third-order valence-electron chi connectivity index (χ3n) is 5.09. The van der Waals surface area contributed by atoms with Crippen molar-refractivity contribution in [3.63, 3.8) is 0 Å². The minimum absolute atomic E-state index is 0.0434. The van der Waals surface area contributed by atoms with E-state index >= 15 is 0 Å². The van der Waals surface area contributed by atoms with Gasteiger partial charge in [0.2, 0.25) is 0 Å². The van der Waals surface area contributed by atoms with Crippen LogP contribution in [0.15, 0.2) is 36.4 Å². The number of rotatable bonds is 6. The van der Waals surface area contributed by atoms with E-state index in [1.807, 2.05) is 0 Å². The first kappa shape index (κ1) is 20.8. The second-order valence-corrected chi connectivity index (χ2v) is 8.49. The zero-order chi connectivity index (χ0) is 21.3. The predicted molar refractivity (Wildman–Crippen MR) is 118 cm³/mol. The smallest absolute Gasteiger partial charge is 0.260 e. The Bertz CT molecular complexity index is 1090. The van der Waals surface area contributed by atoms with E-state index in [-0.39, 0.29) is 17.8 Å². The van der Waals surface area contributed by atoms with Gasteiger partial charge in [0.15, 0.2) is 10.9 Å². The van der Waals surface area contributed by atoms with Gasteiger partial charge in [0.05, 0.1) is 29.5 Å². The zero-order valence-corrected chi connectivity index (χ0v) is 18.3. The van der Waals surface area contributed by atoms with E-state index in [1.165, 1.54) is 18.3 Å². The van der Waals surface area contributed by atoms with Crippen LogP contribution in [0.2, 0.25) is 5.02 Å². The first-order valence-electron chi connectivity index (χ1n) is 9.65. The average Bonchev–Trinajstić information content (AvgIpc) is 3.42. The summed E-state index contributed by atoms with van der Waals surface area (Å²) in [7, 11) is 1.58. The van der Waals surface area contributed by atoms with Gasteiger partial charge in [-0.05, 0) is 44.0 Å². The van der Waals surface area contributed by atoms with Crippen LogP contribution >= 0.6 is 22.9 Å². The van der Waals surface area contributed by atoms with Crippen molar-refractivity contribution >= 4 is 50.0 Å². The lowest BCUT2D eigenvalue weighted by Crippen LogP contribution is -2.37. The minimum Gasteiger partial charge on any atom is -0.494 e. The molecule has 0 bridgehead atoms. The highest BCUT2D eigenvalue weighted by atomic mass is 35.5. The van der Waals surface area contributed by atoms with Gasteiger partial charge >= 0.3 is 0 Å². The Morgan fingerprint density at radius 2 is 1.97 bits per heavy atom. The standard InChI is InChI=1S/C22H21ClN2O4S/c1-13(26)14-5-7-15(8-6-14)21(27)25(12-16-4-3-11-29-16)22-24-19-18(28-2)10-9-17(23)20(19)30-22/h5-10,16H,3-4,11-12H2,1-2H3. The summed E-state index contributed by atoms with van der Waals surface area (Å²) < 4.78 is 12.0. The van der Waals surface area contributed by atoms with E-state index in [2.05, 4.69) is 4.98 Å². The number of fused-ring (bicyclic) bond motifs is 1. The molecule has 0 aliphatic carbocycles. The van der Waals surface area contributed by atoms with Gasteiger partial charge in [0.25, 0.3) is 5.91 Å². The monoisotopic (exact) mass is 444 g/mol. The molecule has 1 unspecified atom stereocenters. The number of nitrogens with zero attached hydrogens (tertiary/aromatic N) is 2. The molecular formula is C22H21ClN2O4S. The fraction of sp³-hybridized carbons (Fsp3) is 0.318. The van der Waals surface area contributed by atoms with Crippen LogP contribution < -0.4 is 9.64 Å². The highest BCUT2D eigenvalue weighted by molar-refractivity contribution is 7.23. The topological polar surface area (TPSA) is 68.7 Å². The highest BCUT2D eigenvalue weighted by Crippen LogP contribution is 2.39. The third-order valence-corrected chi connectivity index (χ3v) is 6.63. The summed E-state index contributed by atoms with van der Waals surface area (Å²) >= 11 is 7.72. The SMILES string of the molecule is COc1ccc(Cl)c2sc(N(CC3CCCO3)C(=O)c3ccc(C(C)=O)cc3)nc12. The summed E-state index contributed by atoms with van der Waals surface area (Å²) in [5.41, 5.74) is 1.67. The molecule has 0 radical (unpaired) electrons. The molecule has 0 spiro atoms. The number of carbonyl (C=O) groups excluding carboxylic acids is 2. The molecule has 1 saturated heterocycles. The molecule has 6 nitrogen and oxygen atoms in total. The highest BCUT2D eigenvalue weighted by Gasteiger charge is 2.28. The van der Waals surface area contributed by atoms with Crippen molar-refractivity contribution in [1.29, 1.82) is 0 Å². The van der Waals surface area contributed by atoms with Crippen molar-refractivity contribution in [3.8, 4) is 5.75 Å². The Morgan fingerprint density at radius 3 is 2.60 bits per heavy atom. The van der Waals surface area contributed by atoms with Crippen molar-refractivity contribution in [2.45, 2.75) is 25.9 Å². The largest absolute Gasteiger partial charge is 0.494 e. The van der Waals surface area contributed by atoms with E-state index < -0.39 is 0 Å². The second-order valence-electron chi connectivity index (χ2n) is 7.11. The van der Waals surface area contributed by atoms with Gasteiger partial charge < -0.3 is 9.47 Å². The van der Waals surface area contributed by atoms with Gasteiger partial charge in [-0.3, -0.25) is 14.5 Å². The quantitative estimate of drug-likeness (QED) is 0.501. The van der Waals surface area contributed by atoms with Crippen LogP contribution in [0, 0.1) is 0 Å². The number of methoxy groups -OCH3 is 1. The molecule has 4 rings (SSSR count). The van der Waals surface area contributed by atoms with Crippen LogP contribution in [-0.4, -0.2) is 43.0 Å². The Kier molecular flexibility index (Phi) is 6.04. The van der Waals surface area contributed by atoms with E-state index in [1.54, 1.807) is 48.4 Å². The maximum absolute atomic E-state index is 13.4. The van der Waals surface area contributed by atoms with Crippen LogP contribution in [0.1, 0.15) is 40.5 Å². The Balaban J connectivity index is 1.74. The van der Waals surface area contributed by atoms with Crippen LogP contribution in [0.25, 0.3) is 10.2 Å². The maximum atomic E-state index is 13.4. The van der Waals surface area contributed by atoms with Crippen molar-refractivity contribution in [2.24, 2.45) is 0 Å². The Labute approximate surface area is 183 Å². The van der Waals surface area contributed by atoms with Gasteiger partial charge in [0, 0.05) is 17.7 Å². The molecule has 1 amide bonds. The van der Waals surface area contributed by atoms with Crippen molar-refractivity contribution in [3.05, 3.63) is 52.5 Å². The number of carbonyl (C=O) groups is 2. The van der Waals surface area contributed by atoms with Crippen LogP contribution in [-0.2, 0) is 4.74 Å². The molecular weight excluding hydrogens is 424 g/mol. The summed E-state index contributed by atoms with van der Waals surface area (Å²) in [6, 6.07) is 10.2. The van der Waals surface area contributed by atoms with E-state index in [4.69, 9.17) is 21.1 Å². The Hall–Kier alpha value is -2.48. The molecule has 0 saturated carbocycles. The van der Waals surface area contributed by atoms with Crippen molar-refractivity contribution < 1.29 is 19.1 Å². The molecule has 1 atom stereocenters. The number of ether oxygens (including phenoxy) is 2. The van der Waals surface area contributed by atoms with E-state index in [9.17, 15) is 9.59 Å². The molecule has 8 heteroatoms. The van der Waals surface area contributed by atoms with Gasteiger partial charge in [-0.2, -0.15) is 0 Å². The number of benzene rings is 2. The number of hydrogen-bond donors (Lipinski definition) is 0. The summed E-state index contributed by atoms with van der Waals surface area (Å²) in [6.45, 7) is 2.59. The summed E-state index contributed by atoms with van der Waals surface area (Å²) in [4.78, 5) is 31.3. The molecule has 156 valence electrons. The molecule has 1 aliphatic heterocycles. The molecule has 3 aromatic rings. The van der Waals surface area contributed by atoms with Crippen molar-refractivity contribution in [1.82, 2.24) is 4.98 Å². The fourth-order valence-corrected chi connectivity index (χ4v) is 4.73.